The fraction of sp³-hybridized carbons (Fsp3) is 0.667. The molecule has 1 fully saturated rings. The van der Waals surface area contributed by atoms with Crippen LogP contribution in [0.1, 0.15) is 19.8 Å². The molecule has 2 rings (SSSR count). The maximum absolute atomic E-state index is 5.80. The topological polar surface area (TPSA) is 58.3 Å². The highest BCUT2D eigenvalue weighted by molar-refractivity contribution is 9.10. The summed E-state index contributed by atoms with van der Waals surface area (Å²) in [7, 11) is 2.17. The van der Waals surface area contributed by atoms with Crippen LogP contribution in [-0.2, 0) is 0 Å². The van der Waals surface area contributed by atoms with E-state index >= 15 is 0 Å². The van der Waals surface area contributed by atoms with E-state index in [-0.39, 0.29) is 0 Å². The molecule has 1 atom stereocenters. The van der Waals surface area contributed by atoms with Crippen molar-refractivity contribution in [2.24, 2.45) is 0 Å². The van der Waals surface area contributed by atoms with Crippen LogP contribution in [0, 0.1) is 0 Å². The smallest absolute Gasteiger partial charge is 0.228 e. The van der Waals surface area contributed by atoms with E-state index in [1.54, 1.807) is 6.07 Å². The Hall–Kier alpha value is -0.880. The highest BCUT2D eigenvalue weighted by Crippen LogP contribution is 2.21. The van der Waals surface area contributed by atoms with Crippen LogP contribution in [0.4, 0.5) is 11.8 Å². The summed E-state index contributed by atoms with van der Waals surface area (Å²) in [5, 5.41) is 0. The monoisotopic (exact) mass is 313 g/mol. The Morgan fingerprint density at radius 2 is 2.22 bits per heavy atom. The van der Waals surface area contributed by atoms with E-state index in [1.165, 1.54) is 0 Å². The minimum atomic E-state index is 0.450. The summed E-state index contributed by atoms with van der Waals surface area (Å²) in [6, 6.07) is 2.18. The van der Waals surface area contributed by atoms with E-state index in [0.29, 0.717) is 11.9 Å². The van der Waals surface area contributed by atoms with Crippen LogP contribution in [0.5, 0.6) is 0 Å². The lowest BCUT2D eigenvalue weighted by Crippen LogP contribution is -2.40. The summed E-state index contributed by atoms with van der Waals surface area (Å²) >= 11 is 3.38. The van der Waals surface area contributed by atoms with Crippen molar-refractivity contribution < 1.29 is 0 Å². The molecule has 0 amide bonds. The lowest BCUT2D eigenvalue weighted by atomic mass is 10.2. The fourth-order valence-electron chi connectivity index (χ4n) is 2.41. The molecule has 0 saturated carbocycles. The average Bonchev–Trinajstić information content (AvgIpc) is 2.49. The van der Waals surface area contributed by atoms with Gasteiger partial charge in [-0.05, 0) is 42.4 Å². The Bertz CT molecular complexity index is 391. The van der Waals surface area contributed by atoms with Gasteiger partial charge in [-0.3, -0.25) is 0 Å². The molecule has 0 bridgehead atoms. The molecular formula is C12H20BrN5. The third kappa shape index (κ3) is 3.11. The van der Waals surface area contributed by atoms with Gasteiger partial charge >= 0.3 is 0 Å². The van der Waals surface area contributed by atoms with Crippen LogP contribution in [0.2, 0.25) is 0 Å². The number of halogens is 1. The molecule has 2 heterocycles. The van der Waals surface area contributed by atoms with Crippen molar-refractivity contribution in [2.75, 3.05) is 37.3 Å². The van der Waals surface area contributed by atoms with E-state index in [9.17, 15) is 0 Å². The number of hydrogen-bond donors (Lipinski definition) is 1. The van der Waals surface area contributed by atoms with Crippen molar-refractivity contribution in [2.45, 2.75) is 25.8 Å². The Morgan fingerprint density at radius 1 is 1.44 bits per heavy atom. The number of likely N-dealkylation sites (N-methyl/N-ethyl adjacent to an activating group) is 1. The molecule has 5 nitrogen and oxygen atoms in total. The second-order valence-electron chi connectivity index (χ2n) is 4.79. The zero-order chi connectivity index (χ0) is 13.1. The number of nitrogens with zero attached hydrogens (tertiary/aromatic N) is 4. The van der Waals surface area contributed by atoms with Crippen LogP contribution in [0.25, 0.3) is 0 Å². The van der Waals surface area contributed by atoms with Gasteiger partial charge in [-0.25, -0.2) is 4.98 Å². The zero-order valence-electron chi connectivity index (χ0n) is 10.9. The van der Waals surface area contributed by atoms with Gasteiger partial charge in [0, 0.05) is 25.2 Å². The van der Waals surface area contributed by atoms with E-state index in [0.717, 1.165) is 43.0 Å². The third-order valence-electron chi connectivity index (χ3n) is 3.33. The molecule has 0 radical (unpaired) electrons. The summed E-state index contributed by atoms with van der Waals surface area (Å²) in [5.41, 5.74) is 5.80. The molecule has 100 valence electrons. The molecule has 18 heavy (non-hydrogen) atoms. The van der Waals surface area contributed by atoms with Crippen LogP contribution in [0.3, 0.4) is 0 Å². The second kappa shape index (κ2) is 5.84. The average molecular weight is 314 g/mol. The van der Waals surface area contributed by atoms with Gasteiger partial charge in [0.1, 0.15) is 10.4 Å². The number of nitrogen functional groups attached to an aromatic ring is 1. The van der Waals surface area contributed by atoms with Crippen LogP contribution in [-0.4, -0.2) is 47.6 Å². The second-order valence-corrected chi connectivity index (χ2v) is 5.60. The molecule has 1 aliphatic rings. The zero-order valence-corrected chi connectivity index (χ0v) is 12.5. The van der Waals surface area contributed by atoms with Crippen molar-refractivity contribution in [3.05, 3.63) is 10.7 Å². The van der Waals surface area contributed by atoms with Crippen LogP contribution in [0.15, 0.2) is 10.7 Å². The van der Waals surface area contributed by atoms with Gasteiger partial charge in [-0.15, -0.1) is 0 Å². The summed E-state index contributed by atoms with van der Waals surface area (Å²) in [6.07, 6.45) is 2.21. The first-order valence-corrected chi connectivity index (χ1v) is 7.14. The molecule has 1 aromatic rings. The molecule has 2 N–H and O–H groups in total. The van der Waals surface area contributed by atoms with E-state index in [1.807, 2.05) is 0 Å². The minimum absolute atomic E-state index is 0.450. The summed E-state index contributed by atoms with van der Waals surface area (Å²) < 4.78 is 0.748. The van der Waals surface area contributed by atoms with Gasteiger partial charge in [0.25, 0.3) is 0 Å². The first-order valence-electron chi connectivity index (χ1n) is 6.35. The SMILES string of the molecule is CCC1CN(C)CCCN1c1nc(N)cc(Br)n1. The van der Waals surface area contributed by atoms with Crippen molar-refractivity contribution in [1.82, 2.24) is 14.9 Å². The molecular weight excluding hydrogens is 294 g/mol. The predicted molar refractivity (Wildman–Crippen MR) is 77.7 cm³/mol. The molecule has 1 aliphatic heterocycles. The molecule has 0 aromatic carbocycles. The molecule has 1 aromatic heterocycles. The van der Waals surface area contributed by atoms with Gasteiger partial charge in [-0.1, -0.05) is 6.92 Å². The Balaban J connectivity index is 2.28. The first kappa shape index (κ1) is 13.5. The third-order valence-corrected chi connectivity index (χ3v) is 3.74. The number of anilines is 2. The Morgan fingerprint density at radius 3 is 2.89 bits per heavy atom. The van der Waals surface area contributed by atoms with Gasteiger partial charge < -0.3 is 15.5 Å². The number of rotatable bonds is 2. The van der Waals surface area contributed by atoms with Crippen molar-refractivity contribution in [1.29, 1.82) is 0 Å². The lowest BCUT2D eigenvalue weighted by molar-refractivity contribution is 0.327. The maximum Gasteiger partial charge on any atom is 0.228 e. The Labute approximate surface area is 117 Å². The summed E-state index contributed by atoms with van der Waals surface area (Å²) in [6.45, 7) is 5.36. The van der Waals surface area contributed by atoms with Crippen LogP contribution < -0.4 is 10.6 Å². The molecule has 1 unspecified atom stereocenters. The van der Waals surface area contributed by atoms with Crippen molar-refractivity contribution in [3.8, 4) is 0 Å². The maximum atomic E-state index is 5.80. The standard InChI is InChI=1S/C12H20BrN5/c1-3-9-8-17(2)5-4-6-18(9)12-15-10(13)7-11(14)16-12/h7,9H,3-6,8H2,1-2H3,(H2,14,15,16). The molecule has 0 spiro atoms. The summed E-state index contributed by atoms with van der Waals surface area (Å²) in [4.78, 5) is 13.5. The normalized spacial score (nSPS) is 21.9. The predicted octanol–water partition coefficient (Wildman–Crippen LogP) is 1.74. The van der Waals surface area contributed by atoms with E-state index in [2.05, 4.69) is 49.7 Å². The van der Waals surface area contributed by atoms with Crippen molar-refractivity contribution >= 4 is 27.7 Å². The highest BCUT2D eigenvalue weighted by atomic mass is 79.9. The number of aromatic nitrogens is 2. The highest BCUT2D eigenvalue weighted by Gasteiger charge is 2.24. The quantitative estimate of drug-likeness (QED) is 0.843. The minimum Gasteiger partial charge on any atom is -0.383 e. The van der Waals surface area contributed by atoms with Gasteiger partial charge in [0.2, 0.25) is 5.95 Å². The largest absolute Gasteiger partial charge is 0.383 e. The fourth-order valence-corrected chi connectivity index (χ4v) is 2.80. The first-order chi connectivity index (χ1) is 8.60. The van der Waals surface area contributed by atoms with Gasteiger partial charge in [0.15, 0.2) is 0 Å². The molecule has 0 aliphatic carbocycles. The van der Waals surface area contributed by atoms with E-state index < -0.39 is 0 Å². The number of nitrogens with two attached hydrogens (primary N) is 1. The van der Waals surface area contributed by atoms with Gasteiger partial charge in [-0.2, -0.15) is 4.98 Å². The van der Waals surface area contributed by atoms with E-state index in [4.69, 9.17) is 5.73 Å². The Kier molecular flexibility index (Phi) is 4.40. The summed E-state index contributed by atoms with van der Waals surface area (Å²) in [5.74, 6) is 1.25. The van der Waals surface area contributed by atoms with Crippen molar-refractivity contribution in [3.63, 3.8) is 0 Å². The van der Waals surface area contributed by atoms with Crippen LogP contribution >= 0.6 is 15.9 Å². The number of hydrogen-bond acceptors (Lipinski definition) is 5. The molecule has 1 saturated heterocycles. The van der Waals surface area contributed by atoms with Gasteiger partial charge in [0.05, 0.1) is 0 Å². The molecule has 6 heteroatoms. The lowest BCUT2D eigenvalue weighted by Gasteiger charge is -2.30.